The van der Waals surface area contributed by atoms with Crippen LogP contribution in [-0.2, 0) is 16.1 Å². The van der Waals surface area contributed by atoms with Gasteiger partial charge in [-0.2, -0.15) is 0 Å². The van der Waals surface area contributed by atoms with Crippen molar-refractivity contribution < 1.29 is 18.7 Å². The maximum Gasteiger partial charge on any atom is 0.437 e. The molecule has 0 unspecified atom stereocenters. The van der Waals surface area contributed by atoms with E-state index in [1.165, 1.54) is 6.07 Å². The number of halogens is 1. The molecular formula is C20H23FN6O3. The first-order valence-electron chi connectivity index (χ1n) is 9.46. The average Bonchev–Trinajstić information content (AvgIpc) is 2.73. The molecule has 2 heterocycles. The maximum atomic E-state index is 14.9. The van der Waals surface area contributed by atoms with Crippen molar-refractivity contribution >= 4 is 18.0 Å². The van der Waals surface area contributed by atoms with Gasteiger partial charge < -0.3 is 21.1 Å². The van der Waals surface area contributed by atoms with Crippen LogP contribution in [0.3, 0.4) is 0 Å². The highest BCUT2D eigenvalue weighted by Gasteiger charge is 2.24. The molecule has 0 saturated carbocycles. The summed E-state index contributed by atoms with van der Waals surface area (Å²) in [5.74, 6) is -0.0472. The Bertz CT molecular complexity index is 952. The third-order valence-electron chi connectivity index (χ3n) is 4.94. The molecule has 158 valence electrons. The fraction of sp³-hybridized carbons (Fsp3) is 0.350. The third-order valence-corrected chi connectivity index (χ3v) is 4.94. The van der Waals surface area contributed by atoms with E-state index in [0.717, 1.165) is 12.8 Å². The number of ether oxygens (including phenoxy) is 1. The van der Waals surface area contributed by atoms with Gasteiger partial charge in [0.25, 0.3) is 0 Å². The second-order valence-corrected chi connectivity index (χ2v) is 6.98. The number of carbonyl (C=O) groups excluding carboxylic acids is 2. The first-order valence-corrected chi connectivity index (χ1v) is 9.46. The van der Waals surface area contributed by atoms with Crippen LogP contribution in [0.25, 0.3) is 11.1 Å². The van der Waals surface area contributed by atoms with Crippen molar-refractivity contribution in [2.45, 2.75) is 32.3 Å². The van der Waals surface area contributed by atoms with Crippen molar-refractivity contribution in [2.75, 3.05) is 13.1 Å². The summed E-state index contributed by atoms with van der Waals surface area (Å²) >= 11 is 0. The van der Waals surface area contributed by atoms with Crippen LogP contribution in [0.2, 0.25) is 0 Å². The van der Waals surface area contributed by atoms with E-state index < -0.39 is 17.9 Å². The number of nitrogens with two attached hydrogens (primary N) is 2. The molecule has 10 heteroatoms. The second kappa shape index (κ2) is 9.29. The fourth-order valence-corrected chi connectivity index (χ4v) is 3.33. The molecule has 1 aromatic carbocycles. The van der Waals surface area contributed by atoms with Gasteiger partial charge in [0.2, 0.25) is 5.91 Å². The monoisotopic (exact) mass is 414 g/mol. The molecule has 30 heavy (non-hydrogen) atoms. The number of benzene rings is 1. The number of guanidine groups is 1. The number of carbonyl (C=O) groups is 2. The van der Waals surface area contributed by atoms with Crippen molar-refractivity contribution in [3.8, 4) is 11.1 Å². The summed E-state index contributed by atoms with van der Waals surface area (Å²) < 4.78 is 19.7. The van der Waals surface area contributed by atoms with Gasteiger partial charge in [0.1, 0.15) is 18.2 Å². The van der Waals surface area contributed by atoms with Gasteiger partial charge >= 0.3 is 6.09 Å². The molecule has 1 aromatic heterocycles. The van der Waals surface area contributed by atoms with E-state index in [1.54, 1.807) is 31.5 Å². The summed E-state index contributed by atoms with van der Waals surface area (Å²) in [5.41, 5.74) is 11.2. The topological polar surface area (TPSA) is 137 Å². The molecular weight excluding hydrogens is 391 g/mol. The van der Waals surface area contributed by atoms with Crippen LogP contribution in [-0.4, -0.2) is 45.9 Å². The van der Waals surface area contributed by atoms with E-state index in [2.05, 4.69) is 15.0 Å². The van der Waals surface area contributed by atoms with Gasteiger partial charge in [0.15, 0.2) is 5.96 Å². The van der Waals surface area contributed by atoms with Gasteiger partial charge in [-0.15, -0.1) is 4.99 Å². The standard InChI is InChI=1S/C20H23FN6O3/c1-12(28)27-7-5-13(6-8-27)18-24-9-15(10-25-18)16-4-2-3-14(17(16)21)11-30-20(29)26-19(22)23/h2-4,9-10,13H,5-8,11H2,1H3,(H4,22,23,26,29). The van der Waals surface area contributed by atoms with Crippen molar-refractivity contribution in [1.82, 2.24) is 14.9 Å². The number of hydrogen-bond donors (Lipinski definition) is 2. The summed E-state index contributed by atoms with van der Waals surface area (Å²) in [4.78, 5) is 36.7. The number of likely N-dealkylation sites (tertiary alicyclic amines) is 1. The number of piperidine rings is 1. The van der Waals surface area contributed by atoms with Crippen LogP contribution in [0.5, 0.6) is 0 Å². The zero-order valence-electron chi connectivity index (χ0n) is 16.5. The Morgan fingerprint density at radius 3 is 2.50 bits per heavy atom. The minimum atomic E-state index is -0.997. The first kappa shape index (κ1) is 21.2. The number of aromatic nitrogens is 2. The van der Waals surface area contributed by atoms with Crippen LogP contribution in [0.4, 0.5) is 9.18 Å². The Balaban J connectivity index is 1.70. The van der Waals surface area contributed by atoms with Crippen LogP contribution in [0, 0.1) is 5.82 Å². The molecule has 2 amide bonds. The van der Waals surface area contributed by atoms with E-state index in [4.69, 9.17) is 16.2 Å². The normalized spacial score (nSPS) is 14.3. The predicted octanol–water partition coefficient (Wildman–Crippen LogP) is 1.92. The molecule has 3 rings (SSSR count). The number of nitrogens with zero attached hydrogens (tertiary/aromatic N) is 4. The van der Waals surface area contributed by atoms with Gasteiger partial charge in [-0.1, -0.05) is 18.2 Å². The summed E-state index contributed by atoms with van der Waals surface area (Å²) in [6, 6.07) is 4.74. The molecule has 1 aliphatic rings. The molecule has 1 aliphatic heterocycles. The third kappa shape index (κ3) is 5.07. The lowest BCUT2D eigenvalue weighted by Crippen LogP contribution is -2.36. The Labute approximate surface area is 173 Å². The molecule has 1 saturated heterocycles. The van der Waals surface area contributed by atoms with Crippen LogP contribution < -0.4 is 11.5 Å². The lowest BCUT2D eigenvalue weighted by molar-refractivity contribution is -0.129. The molecule has 0 aliphatic carbocycles. The molecule has 9 nitrogen and oxygen atoms in total. The smallest absolute Gasteiger partial charge is 0.437 e. The number of amides is 2. The zero-order valence-corrected chi connectivity index (χ0v) is 16.5. The minimum Gasteiger partial charge on any atom is -0.443 e. The molecule has 0 spiro atoms. The lowest BCUT2D eigenvalue weighted by atomic mass is 9.95. The quantitative estimate of drug-likeness (QED) is 0.576. The highest BCUT2D eigenvalue weighted by atomic mass is 19.1. The Kier molecular flexibility index (Phi) is 6.55. The summed E-state index contributed by atoms with van der Waals surface area (Å²) in [5, 5.41) is 0. The number of aliphatic imine (C=N–C) groups is 1. The van der Waals surface area contributed by atoms with Gasteiger partial charge in [0, 0.05) is 55.0 Å². The van der Waals surface area contributed by atoms with Crippen LogP contribution in [0.1, 0.15) is 37.1 Å². The van der Waals surface area contributed by atoms with Gasteiger partial charge in [-0.3, -0.25) is 4.79 Å². The Hall–Kier alpha value is -3.56. The lowest BCUT2D eigenvalue weighted by Gasteiger charge is -2.30. The van der Waals surface area contributed by atoms with E-state index in [1.807, 2.05) is 4.90 Å². The fourth-order valence-electron chi connectivity index (χ4n) is 3.33. The maximum absolute atomic E-state index is 14.9. The van der Waals surface area contributed by atoms with E-state index in [9.17, 15) is 14.0 Å². The molecule has 1 fully saturated rings. The highest BCUT2D eigenvalue weighted by Crippen LogP contribution is 2.28. The first-order chi connectivity index (χ1) is 14.3. The van der Waals surface area contributed by atoms with E-state index in [-0.39, 0.29) is 24.0 Å². The predicted molar refractivity (Wildman–Crippen MR) is 108 cm³/mol. The number of hydrogen-bond acceptors (Lipinski definition) is 5. The summed E-state index contributed by atoms with van der Waals surface area (Å²) in [6.07, 6.45) is 3.75. The SMILES string of the molecule is CC(=O)N1CCC(c2ncc(-c3cccc(COC(=O)N=C(N)N)c3F)cn2)CC1. The molecule has 2 aromatic rings. The van der Waals surface area contributed by atoms with Gasteiger partial charge in [0.05, 0.1) is 0 Å². The van der Waals surface area contributed by atoms with Gasteiger partial charge in [-0.05, 0) is 12.8 Å². The zero-order chi connectivity index (χ0) is 21.7. The van der Waals surface area contributed by atoms with Crippen molar-refractivity contribution in [1.29, 1.82) is 0 Å². The Morgan fingerprint density at radius 1 is 1.23 bits per heavy atom. The minimum absolute atomic E-state index is 0.0732. The van der Waals surface area contributed by atoms with Crippen molar-refractivity contribution in [3.05, 3.63) is 47.8 Å². The van der Waals surface area contributed by atoms with E-state index >= 15 is 0 Å². The molecule has 4 N–H and O–H groups in total. The van der Waals surface area contributed by atoms with Crippen LogP contribution in [0.15, 0.2) is 35.6 Å². The largest absolute Gasteiger partial charge is 0.443 e. The molecule has 0 radical (unpaired) electrons. The highest BCUT2D eigenvalue weighted by molar-refractivity contribution is 5.87. The number of rotatable bonds is 4. The van der Waals surface area contributed by atoms with Gasteiger partial charge in [-0.25, -0.2) is 19.2 Å². The molecule has 0 atom stereocenters. The van der Waals surface area contributed by atoms with Crippen molar-refractivity contribution in [3.63, 3.8) is 0 Å². The average molecular weight is 414 g/mol. The van der Waals surface area contributed by atoms with Crippen LogP contribution >= 0.6 is 0 Å². The second-order valence-electron chi connectivity index (χ2n) is 6.98. The molecule has 0 bridgehead atoms. The van der Waals surface area contributed by atoms with Crippen molar-refractivity contribution in [2.24, 2.45) is 16.5 Å². The Morgan fingerprint density at radius 2 is 1.90 bits per heavy atom. The summed E-state index contributed by atoms with van der Waals surface area (Å²) in [7, 11) is 0. The summed E-state index contributed by atoms with van der Waals surface area (Å²) in [6.45, 7) is 2.61. The van der Waals surface area contributed by atoms with E-state index in [0.29, 0.717) is 30.0 Å².